The number of halogens is 1. The lowest BCUT2D eigenvalue weighted by atomic mass is 10.1. The van der Waals surface area contributed by atoms with E-state index in [1.54, 1.807) is 21.9 Å². The molecule has 0 bridgehead atoms. The fourth-order valence-electron chi connectivity index (χ4n) is 2.50. The molecule has 1 unspecified atom stereocenters. The van der Waals surface area contributed by atoms with Crippen LogP contribution in [0.25, 0.3) is 0 Å². The molecule has 1 aromatic rings. The molecule has 1 aromatic carbocycles. The zero-order chi connectivity index (χ0) is 16.1. The molecule has 120 valence electrons. The fraction of sp³-hybridized carbons (Fsp3) is 0.500. The summed E-state index contributed by atoms with van der Waals surface area (Å²) in [6.07, 6.45) is -0.0530. The van der Waals surface area contributed by atoms with Gasteiger partial charge in [0.1, 0.15) is 11.9 Å². The maximum absolute atomic E-state index is 12.8. The summed E-state index contributed by atoms with van der Waals surface area (Å²) in [5.74, 6) is -0.541. The molecule has 1 heterocycles. The summed E-state index contributed by atoms with van der Waals surface area (Å²) in [6.45, 7) is 3.32. The van der Waals surface area contributed by atoms with Gasteiger partial charge in [-0.2, -0.15) is 0 Å². The number of piperazine rings is 1. The summed E-state index contributed by atoms with van der Waals surface area (Å²) >= 11 is 0. The van der Waals surface area contributed by atoms with Crippen LogP contribution in [0.3, 0.4) is 0 Å². The summed E-state index contributed by atoms with van der Waals surface area (Å²) in [4.78, 5) is 27.1. The lowest BCUT2D eigenvalue weighted by Gasteiger charge is -2.35. The van der Waals surface area contributed by atoms with E-state index in [4.69, 9.17) is 0 Å². The molecule has 1 saturated heterocycles. The molecule has 1 fully saturated rings. The molecule has 2 rings (SSSR count). The first-order valence-electron chi connectivity index (χ1n) is 7.46. The van der Waals surface area contributed by atoms with Gasteiger partial charge in [-0.05, 0) is 31.0 Å². The standard InChI is InChI=1S/C16H21FN2O3/c1-12(20)16(22)19-10-8-18(9-11-19)15(21)7-4-13-2-5-14(17)6-3-13/h2-3,5-6,12,20H,4,7-11H2,1H3. The molecule has 1 aliphatic heterocycles. The summed E-state index contributed by atoms with van der Waals surface area (Å²) < 4.78 is 12.8. The van der Waals surface area contributed by atoms with Crippen molar-refractivity contribution in [3.63, 3.8) is 0 Å². The van der Waals surface area contributed by atoms with Crippen LogP contribution in [0, 0.1) is 5.82 Å². The molecule has 0 aliphatic carbocycles. The fourth-order valence-corrected chi connectivity index (χ4v) is 2.50. The minimum atomic E-state index is -0.999. The van der Waals surface area contributed by atoms with Crippen LogP contribution in [0.15, 0.2) is 24.3 Å². The first-order chi connectivity index (χ1) is 10.5. The van der Waals surface area contributed by atoms with Crippen LogP contribution in [-0.2, 0) is 16.0 Å². The minimum Gasteiger partial charge on any atom is -0.384 e. The molecule has 1 N–H and O–H groups in total. The number of carbonyl (C=O) groups excluding carboxylic acids is 2. The van der Waals surface area contributed by atoms with E-state index in [1.807, 2.05) is 0 Å². The topological polar surface area (TPSA) is 60.9 Å². The van der Waals surface area contributed by atoms with Gasteiger partial charge in [-0.15, -0.1) is 0 Å². The third-order valence-corrected chi connectivity index (χ3v) is 3.84. The molecule has 22 heavy (non-hydrogen) atoms. The number of benzene rings is 1. The highest BCUT2D eigenvalue weighted by Gasteiger charge is 2.25. The van der Waals surface area contributed by atoms with Crippen LogP contribution >= 0.6 is 0 Å². The lowest BCUT2D eigenvalue weighted by molar-refractivity contribution is -0.144. The van der Waals surface area contributed by atoms with Crippen LogP contribution in [0.1, 0.15) is 18.9 Å². The third-order valence-electron chi connectivity index (χ3n) is 3.84. The largest absolute Gasteiger partial charge is 0.384 e. The van der Waals surface area contributed by atoms with Crippen molar-refractivity contribution in [2.45, 2.75) is 25.9 Å². The highest BCUT2D eigenvalue weighted by atomic mass is 19.1. The lowest BCUT2D eigenvalue weighted by Crippen LogP contribution is -2.52. The maximum Gasteiger partial charge on any atom is 0.251 e. The number of aliphatic hydroxyl groups is 1. The van der Waals surface area contributed by atoms with Crippen molar-refractivity contribution in [1.29, 1.82) is 0 Å². The summed E-state index contributed by atoms with van der Waals surface area (Å²) in [5.41, 5.74) is 0.928. The molecule has 5 nitrogen and oxygen atoms in total. The van der Waals surface area contributed by atoms with E-state index < -0.39 is 6.10 Å². The van der Waals surface area contributed by atoms with Crippen LogP contribution < -0.4 is 0 Å². The first-order valence-corrected chi connectivity index (χ1v) is 7.46. The Balaban J connectivity index is 1.77. The van der Waals surface area contributed by atoms with Crippen LogP contribution in [-0.4, -0.2) is 59.0 Å². The average Bonchev–Trinajstić information content (AvgIpc) is 2.53. The molecule has 1 atom stereocenters. The predicted octanol–water partition coefficient (Wildman–Crippen LogP) is 0.810. The average molecular weight is 308 g/mol. The Morgan fingerprint density at radius 1 is 1.14 bits per heavy atom. The SMILES string of the molecule is CC(O)C(=O)N1CCN(C(=O)CCc2ccc(F)cc2)CC1. The van der Waals surface area contributed by atoms with Crippen molar-refractivity contribution in [1.82, 2.24) is 9.80 Å². The highest BCUT2D eigenvalue weighted by molar-refractivity contribution is 5.81. The Kier molecular flexibility index (Phi) is 5.49. The van der Waals surface area contributed by atoms with Gasteiger partial charge in [0.15, 0.2) is 0 Å². The Morgan fingerprint density at radius 3 is 2.23 bits per heavy atom. The number of aryl methyl sites for hydroxylation is 1. The molecular formula is C16H21FN2O3. The molecule has 6 heteroatoms. The van der Waals surface area contributed by atoms with Crippen LogP contribution in [0.5, 0.6) is 0 Å². The van der Waals surface area contributed by atoms with E-state index in [2.05, 4.69) is 0 Å². The molecular weight excluding hydrogens is 287 g/mol. The maximum atomic E-state index is 12.8. The summed E-state index contributed by atoms with van der Waals surface area (Å²) in [6, 6.07) is 6.14. The van der Waals surface area contributed by atoms with Gasteiger partial charge in [-0.3, -0.25) is 9.59 Å². The normalized spacial score (nSPS) is 16.5. The van der Waals surface area contributed by atoms with Crippen molar-refractivity contribution >= 4 is 11.8 Å². The summed E-state index contributed by atoms with van der Waals surface area (Å²) in [5, 5.41) is 9.28. The first kappa shape index (κ1) is 16.4. The Labute approximate surface area is 129 Å². The van der Waals surface area contributed by atoms with Gasteiger partial charge in [0.05, 0.1) is 0 Å². The molecule has 0 spiro atoms. The number of rotatable bonds is 4. The highest BCUT2D eigenvalue weighted by Crippen LogP contribution is 2.09. The van der Waals surface area contributed by atoms with Crippen LogP contribution in [0.2, 0.25) is 0 Å². The number of aliphatic hydroxyl groups excluding tert-OH is 1. The predicted molar refractivity (Wildman–Crippen MR) is 79.6 cm³/mol. The molecule has 2 amide bonds. The number of amides is 2. The molecule has 0 saturated carbocycles. The van der Waals surface area contributed by atoms with Crippen molar-refractivity contribution in [3.8, 4) is 0 Å². The van der Waals surface area contributed by atoms with Gasteiger partial charge in [0.2, 0.25) is 5.91 Å². The zero-order valence-electron chi connectivity index (χ0n) is 12.7. The van der Waals surface area contributed by atoms with Crippen molar-refractivity contribution in [2.75, 3.05) is 26.2 Å². The van der Waals surface area contributed by atoms with Gasteiger partial charge in [0.25, 0.3) is 5.91 Å². The molecule has 1 aliphatic rings. The Bertz CT molecular complexity index is 523. The minimum absolute atomic E-state index is 0.0356. The molecule has 0 radical (unpaired) electrons. The van der Waals surface area contributed by atoms with Gasteiger partial charge < -0.3 is 14.9 Å². The Hall–Kier alpha value is -1.95. The monoisotopic (exact) mass is 308 g/mol. The van der Waals surface area contributed by atoms with E-state index in [-0.39, 0.29) is 17.6 Å². The van der Waals surface area contributed by atoms with Crippen molar-refractivity contribution < 1.29 is 19.1 Å². The van der Waals surface area contributed by atoms with E-state index >= 15 is 0 Å². The van der Waals surface area contributed by atoms with Crippen molar-refractivity contribution in [2.24, 2.45) is 0 Å². The van der Waals surface area contributed by atoms with Gasteiger partial charge in [-0.25, -0.2) is 4.39 Å². The Morgan fingerprint density at radius 2 is 1.68 bits per heavy atom. The van der Waals surface area contributed by atoms with Crippen LogP contribution in [0.4, 0.5) is 4.39 Å². The van der Waals surface area contributed by atoms with E-state index in [1.165, 1.54) is 19.1 Å². The second-order valence-electron chi connectivity index (χ2n) is 5.51. The second-order valence-corrected chi connectivity index (χ2v) is 5.51. The third kappa shape index (κ3) is 4.27. The number of hydrogen-bond acceptors (Lipinski definition) is 3. The zero-order valence-corrected chi connectivity index (χ0v) is 12.7. The van der Waals surface area contributed by atoms with Gasteiger partial charge in [0, 0.05) is 32.6 Å². The number of carbonyl (C=O) groups is 2. The van der Waals surface area contributed by atoms with Crippen molar-refractivity contribution in [3.05, 3.63) is 35.6 Å². The number of hydrogen-bond donors (Lipinski definition) is 1. The smallest absolute Gasteiger partial charge is 0.251 e. The van der Waals surface area contributed by atoms with E-state index in [9.17, 15) is 19.1 Å². The van der Waals surface area contributed by atoms with Gasteiger partial charge >= 0.3 is 0 Å². The van der Waals surface area contributed by atoms with E-state index in [0.29, 0.717) is 39.0 Å². The summed E-state index contributed by atoms with van der Waals surface area (Å²) in [7, 11) is 0. The van der Waals surface area contributed by atoms with E-state index in [0.717, 1.165) is 5.56 Å². The van der Waals surface area contributed by atoms with Gasteiger partial charge in [-0.1, -0.05) is 12.1 Å². The quantitative estimate of drug-likeness (QED) is 0.895. The number of nitrogens with zero attached hydrogens (tertiary/aromatic N) is 2. The second kappa shape index (κ2) is 7.35. The molecule has 0 aromatic heterocycles.